The van der Waals surface area contributed by atoms with Crippen LogP contribution in [-0.2, 0) is 9.53 Å². The Morgan fingerprint density at radius 1 is 1.36 bits per heavy atom. The number of rotatable bonds is 6. The molecule has 1 aromatic heterocycles. The van der Waals surface area contributed by atoms with E-state index >= 15 is 0 Å². The number of carbonyl (C=O) groups is 2. The van der Waals surface area contributed by atoms with E-state index < -0.39 is 18.0 Å². The number of nitrogens with one attached hydrogen (secondary N) is 1. The predicted molar refractivity (Wildman–Crippen MR) is 77.4 cm³/mol. The molecule has 1 aromatic carbocycles. The number of oxazole rings is 1. The van der Waals surface area contributed by atoms with E-state index in [0.29, 0.717) is 11.6 Å². The molecule has 0 radical (unpaired) electrons. The number of carbonyl (C=O) groups excluding carboxylic acids is 1. The summed E-state index contributed by atoms with van der Waals surface area (Å²) >= 11 is 0. The lowest BCUT2D eigenvalue weighted by atomic mass is 10.2. The summed E-state index contributed by atoms with van der Waals surface area (Å²) in [6.07, 6.45) is -1.11. The number of aromatic nitrogens is 1. The molecule has 1 amide bonds. The highest BCUT2D eigenvalue weighted by Crippen LogP contribution is 2.21. The molecule has 0 spiro atoms. The van der Waals surface area contributed by atoms with Gasteiger partial charge in [0.1, 0.15) is 0 Å². The Bertz CT molecular complexity index is 666. The Labute approximate surface area is 126 Å². The van der Waals surface area contributed by atoms with Crippen LogP contribution in [0.2, 0.25) is 0 Å². The maximum atomic E-state index is 12.1. The summed E-state index contributed by atoms with van der Waals surface area (Å²) in [5.41, 5.74) is 1.19. The Balaban J connectivity index is 2.11. The monoisotopic (exact) mass is 304 g/mol. The zero-order valence-corrected chi connectivity index (χ0v) is 12.2. The molecule has 2 N–H and O–H groups in total. The molecular weight excluding hydrogens is 288 g/mol. The average molecular weight is 304 g/mol. The third-order valence-electron chi connectivity index (χ3n) is 3.03. The van der Waals surface area contributed by atoms with Crippen molar-refractivity contribution >= 4 is 11.9 Å². The second-order valence-electron chi connectivity index (χ2n) is 4.57. The molecule has 0 bridgehead atoms. The van der Waals surface area contributed by atoms with Crippen LogP contribution in [-0.4, -0.2) is 41.7 Å². The Morgan fingerprint density at radius 2 is 2.05 bits per heavy atom. The Morgan fingerprint density at radius 3 is 2.64 bits per heavy atom. The third kappa shape index (κ3) is 3.50. The van der Waals surface area contributed by atoms with E-state index in [1.54, 1.807) is 6.92 Å². The molecule has 1 unspecified atom stereocenters. The van der Waals surface area contributed by atoms with Gasteiger partial charge < -0.3 is 19.6 Å². The topological polar surface area (TPSA) is 102 Å². The Kier molecular flexibility index (Phi) is 4.90. The summed E-state index contributed by atoms with van der Waals surface area (Å²) in [6, 6.07) is 9.18. The van der Waals surface area contributed by atoms with Crippen molar-refractivity contribution < 1.29 is 23.8 Å². The zero-order chi connectivity index (χ0) is 16.1. The predicted octanol–water partition coefficient (Wildman–Crippen LogP) is 1.48. The number of carboxylic acid groups (broad SMARTS) is 1. The highest BCUT2D eigenvalue weighted by atomic mass is 16.5. The van der Waals surface area contributed by atoms with Gasteiger partial charge in [-0.3, -0.25) is 4.79 Å². The van der Waals surface area contributed by atoms with Crippen molar-refractivity contribution in [3.05, 3.63) is 41.8 Å². The number of ether oxygens (including phenoxy) is 1. The first kappa shape index (κ1) is 15.7. The van der Waals surface area contributed by atoms with Gasteiger partial charge in [0.25, 0.3) is 5.91 Å². The number of hydrogen-bond donors (Lipinski definition) is 2. The van der Waals surface area contributed by atoms with Gasteiger partial charge in [-0.05, 0) is 19.1 Å². The first-order valence-corrected chi connectivity index (χ1v) is 6.59. The second kappa shape index (κ2) is 6.86. The molecule has 0 aliphatic rings. The van der Waals surface area contributed by atoms with Crippen LogP contribution in [0.15, 0.2) is 34.7 Å². The van der Waals surface area contributed by atoms with Gasteiger partial charge in [0, 0.05) is 12.7 Å². The van der Waals surface area contributed by atoms with Crippen LogP contribution in [0.4, 0.5) is 0 Å². The Hall–Kier alpha value is -2.67. The molecule has 0 saturated carbocycles. The van der Waals surface area contributed by atoms with Gasteiger partial charge in [-0.1, -0.05) is 18.2 Å². The number of nitrogens with zero attached hydrogens (tertiary/aromatic N) is 1. The fraction of sp³-hybridized carbons (Fsp3) is 0.267. The number of amides is 1. The fourth-order valence-electron chi connectivity index (χ4n) is 1.85. The minimum atomic E-state index is -1.15. The van der Waals surface area contributed by atoms with Gasteiger partial charge in [0.2, 0.25) is 11.7 Å². The number of aliphatic carboxylic acids is 1. The van der Waals surface area contributed by atoms with E-state index in [0.717, 1.165) is 5.56 Å². The summed E-state index contributed by atoms with van der Waals surface area (Å²) < 4.78 is 10.2. The van der Waals surface area contributed by atoms with Crippen LogP contribution >= 0.6 is 0 Å². The van der Waals surface area contributed by atoms with Gasteiger partial charge >= 0.3 is 5.97 Å². The molecule has 7 heteroatoms. The van der Waals surface area contributed by atoms with E-state index in [1.807, 2.05) is 30.3 Å². The van der Waals surface area contributed by atoms with Crippen LogP contribution in [0.25, 0.3) is 11.5 Å². The standard InChI is InChI=1S/C15H16N2O5/c1-9-12(13(18)16-8-11(21-2)15(19)20)22-14(17-9)10-6-4-3-5-7-10/h3-7,11H,8H2,1-2H3,(H,16,18)(H,19,20). The van der Waals surface area contributed by atoms with Gasteiger partial charge in [-0.15, -0.1) is 0 Å². The quantitative estimate of drug-likeness (QED) is 0.838. The van der Waals surface area contributed by atoms with Crippen molar-refractivity contribution in [1.29, 1.82) is 0 Å². The van der Waals surface area contributed by atoms with E-state index in [4.69, 9.17) is 14.3 Å². The lowest BCUT2D eigenvalue weighted by Gasteiger charge is -2.10. The molecule has 22 heavy (non-hydrogen) atoms. The number of carboxylic acids is 1. The molecular formula is C15H16N2O5. The SMILES string of the molecule is COC(CNC(=O)c1oc(-c2ccccc2)nc1C)C(=O)O. The van der Waals surface area contributed by atoms with Crippen molar-refractivity contribution in [1.82, 2.24) is 10.3 Å². The van der Waals surface area contributed by atoms with Crippen molar-refractivity contribution in [3.8, 4) is 11.5 Å². The maximum absolute atomic E-state index is 12.1. The van der Waals surface area contributed by atoms with Crippen LogP contribution in [0, 0.1) is 6.92 Å². The van der Waals surface area contributed by atoms with Crippen LogP contribution in [0.3, 0.4) is 0 Å². The smallest absolute Gasteiger partial charge is 0.334 e. The summed E-state index contributed by atoms with van der Waals surface area (Å²) in [5, 5.41) is 11.3. The van der Waals surface area contributed by atoms with Crippen molar-refractivity contribution in [2.24, 2.45) is 0 Å². The molecule has 0 aliphatic carbocycles. The van der Waals surface area contributed by atoms with E-state index in [1.165, 1.54) is 7.11 Å². The first-order chi connectivity index (χ1) is 10.5. The van der Waals surface area contributed by atoms with Crippen LogP contribution in [0.5, 0.6) is 0 Å². The lowest BCUT2D eigenvalue weighted by Crippen LogP contribution is -2.37. The summed E-state index contributed by atoms with van der Waals surface area (Å²) in [7, 11) is 1.26. The van der Waals surface area contributed by atoms with Crippen molar-refractivity contribution in [3.63, 3.8) is 0 Å². The molecule has 0 fully saturated rings. The molecule has 2 aromatic rings. The van der Waals surface area contributed by atoms with Crippen molar-refractivity contribution in [2.45, 2.75) is 13.0 Å². The molecule has 1 heterocycles. The minimum absolute atomic E-state index is 0.0547. The van der Waals surface area contributed by atoms with Gasteiger partial charge in [-0.2, -0.15) is 0 Å². The molecule has 7 nitrogen and oxygen atoms in total. The molecule has 2 rings (SSSR count). The van der Waals surface area contributed by atoms with Crippen molar-refractivity contribution in [2.75, 3.05) is 13.7 Å². The van der Waals surface area contributed by atoms with Gasteiger partial charge in [0.05, 0.1) is 12.2 Å². The molecule has 0 saturated heterocycles. The maximum Gasteiger partial charge on any atom is 0.334 e. The number of aryl methyl sites for hydroxylation is 1. The van der Waals surface area contributed by atoms with E-state index in [2.05, 4.69) is 10.3 Å². The normalized spacial score (nSPS) is 11.9. The van der Waals surface area contributed by atoms with Gasteiger partial charge in [0.15, 0.2) is 6.10 Å². The fourth-order valence-corrected chi connectivity index (χ4v) is 1.85. The van der Waals surface area contributed by atoms with Crippen LogP contribution < -0.4 is 5.32 Å². The zero-order valence-electron chi connectivity index (χ0n) is 12.2. The molecule has 116 valence electrons. The average Bonchev–Trinajstić information content (AvgIpc) is 2.90. The van der Waals surface area contributed by atoms with E-state index in [9.17, 15) is 9.59 Å². The molecule has 1 atom stereocenters. The highest BCUT2D eigenvalue weighted by molar-refractivity contribution is 5.93. The first-order valence-electron chi connectivity index (χ1n) is 6.59. The number of benzene rings is 1. The molecule has 0 aliphatic heterocycles. The van der Waals surface area contributed by atoms with Crippen LogP contribution in [0.1, 0.15) is 16.2 Å². The minimum Gasteiger partial charge on any atom is -0.479 e. The lowest BCUT2D eigenvalue weighted by molar-refractivity contribution is -0.148. The second-order valence-corrected chi connectivity index (χ2v) is 4.57. The summed E-state index contributed by atoms with van der Waals surface area (Å²) in [5.74, 6) is -1.29. The summed E-state index contributed by atoms with van der Waals surface area (Å²) in [4.78, 5) is 27.1. The summed E-state index contributed by atoms with van der Waals surface area (Å²) in [6.45, 7) is 1.49. The van der Waals surface area contributed by atoms with Gasteiger partial charge in [-0.25, -0.2) is 9.78 Å². The third-order valence-corrected chi connectivity index (χ3v) is 3.03. The van der Waals surface area contributed by atoms with E-state index in [-0.39, 0.29) is 12.3 Å². The number of hydrogen-bond acceptors (Lipinski definition) is 5. The largest absolute Gasteiger partial charge is 0.479 e. The number of methoxy groups -OCH3 is 1. The highest BCUT2D eigenvalue weighted by Gasteiger charge is 2.21.